The molecule has 0 saturated heterocycles. The van der Waals surface area contributed by atoms with E-state index in [2.05, 4.69) is 20.8 Å². The minimum atomic E-state index is -0.946. The summed E-state index contributed by atoms with van der Waals surface area (Å²) >= 11 is 0. The number of hydrogen-bond acceptors (Lipinski definition) is 5. The smallest absolute Gasteiger partial charge is 0.305 e. The summed E-state index contributed by atoms with van der Waals surface area (Å²) < 4.78 is 2.91. The van der Waals surface area contributed by atoms with E-state index in [1.165, 1.54) is 28.7 Å². The maximum Gasteiger partial charge on any atom is 0.305 e. The summed E-state index contributed by atoms with van der Waals surface area (Å²) in [6.07, 6.45) is 2.99. The first-order chi connectivity index (χ1) is 11.4. The third-order valence-electron chi connectivity index (χ3n) is 3.20. The standard InChI is InChI=1S/C14H18N6O4/c1-3-19-8-10(12(18-19)14(24)15-2)16-13(23)9-4-6-20(17-9)7-5-11(21)22/h4,6,8H,3,5,7H2,1-2H3,(H,15,24)(H,16,23)(H,21,22). The first kappa shape index (κ1) is 17.2. The van der Waals surface area contributed by atoms with Crippen LogP contribution in [-0.2, 0) is 17.9 Å². The van der Waals surface area contributed by atoms with Gasteiger partial charge in [-0.1, -0.05) is 0 Å². The maximum absolute atomic E-state index is 12.3. The van der Waals surface area contributed by atoms with Crippen molar-refractivity contribution < 1.29 is 19.5 Å². The molecule has 0 aliphatic rings. The second kappa shape index (κ2) is 7.40. The number of aromatic nitrogens is 4. The Bertz CT molecular complexity index is 763. The lowest BCUT2D eigenvalue weighted by molar-refractivity contribution is -0.137. The highest BCUT2D eigenvalue weighted by Gasteiger charge is 2.19. The summed E-state index contributed by atoms with van der Waals surface area (Å²) in [6.45, 7) is 2.57. The highest BCUT2D eigenvalue weighted by molar-refractivity contribution is 6.07. The second-order valence-corrected chi connectivity index (χ2v) is 4.89. The number of carboxylic acid groups (broad SMARTS) is 1. The normalized spacial score (nSPS) is 10.4. The van der Waals surface area contributed by atoms with Gasteiger partial charge in [-0.05, 0) is 13.0 Å². The number of hydrogen-bond donors (Lipinski definition) is 3. The van der Waals surface area contributed by atoms with Crippen molar-refractivity contribution in [3.8, 4) is 0 Å². The average molecular weight is 334 g/mol. The molecule has 10 nitrogen and oxygen atoms in total. The number of nitrogens with one attached hydrogen (secondary N) is 2. The topological polar surface area (TPSA) is 131 Å². The largest absolute Gasteiger partial charge is 0.481 e. The van der Waals surface area contributed by atoms with Crippen LogP contribution in [0.2, 0.25) is 0 Å². The second-order valence-electron chi connectivity index (χ2n) is 4.89. The van der Waals surface area contributed by atoms with Gasteiger partial charge in [-0.15, -0.1) is 0 Å². The van der Waals surface area contributed by atoms with Crippen molar-refractivity contribution in [3.63, 3.8) is 0 Å². The zero-order valence-corrected chi connectivity index (χ0v) is 13.3. The number of carbonyl (C=O) groups is 3. The fourth-order valence-corrected chi connectivity index (χ4v) is 1.96. The van der Waals surface area contributed by atoms with Gasteiger partial charge in [0.15, 0.2) is 11.4 Å². The lowest BCUT2D eigenvalue weighted by atomic mass is 10.3. The van der Waals surface area contributed by atoms with Gasteiger partial charge in [0.05, 0.1) is 18.7 Å². The molecule has 10 heteroatoms. The number of carbonyl (C=O) groups excluding carboxylic acids is 2. The molecule has 0 aliphatic heterocycles. The van der Waals surface area contributed by atoms with Crippen LogP contribution < -0.4 is 10.6 Å². The Hall–Kier alpha value is -3.17. The van der Waals surface area contributed by atoms with Crippen molar-refractivity contribution in [1.29, 1.82) is 0 Å². The van der Waals surface area contributed by atoms with E-state index in [1.807, 2.05) is 6.92 Å². The van der Waals surface area contributed by atoms with Crippen molar-refractivity contribution in [2.45, 2.75) is 26.4 Å². The minimum Gasteiger partial charge on any atom is -0.481 e. The van der Waals surface area contributed by atoms with Crippen molar-refractivity contribution in [1.82, 2.24) is 24.9 Å². The van der Waals surface area contributed by atoms with E-state index >= 15 is 0 Å². The molecule has 0 bridgehead atoms. The summed E-state index contributed by atoms with van der Waals surface area (Å²) in [6, 6.07) is 1.47. The molecule has 0 unspecified atom stereocenters. The first-order valence-electron chi connectivity index (χ1n) is 7.30. The Morgan fingerprint density at radius 1 is 1.21 bits per heavy atom. The molecule has 2 amide bonds. The fourth-order valence-electron chi connectivity index (χ4n) is 1.96. The molecule has 2 heterocycles. The number of rotatable bonds is 7. The molecule has 2 aromatic rings. The molecule has 0 saturated carbocycles. The van der Waals surface area contributed by atoms with Crippen molar-refractivity contribution in [3.05, 3.63) is 29.8 Å². The zero-order chi connectivity index (χ0) is 17.7. The van der Waals surface area contributed by atoms with Crippen LogP contribution in [0.3, 0.4) is 0 Å². The van der Waals surface area contributed by atoms with Crippen LogP contribution in [0.25, 0.3) is 0 Å². The summed E-state index contributed by atoms with van der Waals surface area (Å²) in [5.41, 5.74) is 0.506. The minimum absolute atomic E-state index is 0.0904. The molecule has 2 rings (SSSR count). The van der Waals surface area contributed by atoms with Gasteiger partial charge in [0.1, 0.15) is 0 Å². The van der Waals surface area contributed by atoms with Gasteiger partial charge in [-0.2, -0.15) is 10.2 Å². The van der Waals surface area contributed by atoms with E-state index in [9.17, 15) is 14.4 Å². The summed E-state index contributed by atoms with van der Waals surface area (Å²) in [7, 11) is 1.48. The quantitative estimate of drug-likeness (QED) is 0.662. The first-order valence-corrected chi connectivity index (χ1v) is 7.30. The predicted octanol–water partition coefficient (Wildman–Crippen LogP) is 0.186. The van der Waals surface area contributed by atoms with Crippen LogP contribution in [-0.4, -0.2) is 49.5 Å². The summed E-state index contributed by atoms with van der Waals surface area (Å²) in [5, 5.41) is 21.8. The molecule has 2 aromatic heterocycles. The van der Waals surface area contributed by atoms with Crippen LogP contribution >= 0.6 is 0 Å². The Kier molecular flexibility index (Phi) is 5.30. The van der Waals surface area contributed by atoms with Crippen LogP contribution in [0.15, 0.2) is 18.5 Å². The van der Waals surface area contributed by atoms with E-state index < -0.39 is 17.8 Å². The molecule has 0 atom stereocenters. The molecule has 128 valence electrons. The van der Waals surface area contributed by atoms with Crippen LogP contribution in [0.1, 0.15) is 34.3 Å². The number of carboxylic acids is 1. The van der Waals surface area contributed by atoms with Crippen LogP contribution in [0.5, 0.6) is 0 Å². The molecule has 0 aliphatic carbocycles. The van der Waals surface area contributed by atoms with Gasteiger partial charge in [0, 0.05) is 26.0 Å². The van der Waals surface area contributed by atoms with Crippen molar-refractivity contribution in [2.75, 3.05) is 12.4 Å². The number of aliphatic carboxylic acids is 1. The van der Waals surface area contributed by atoms with Crippen molar-refractivity contribution in [2.24, 2.45) is 0 Å². The third-order valence-corrected chi connectivity index (χ3v) is 3.20. The van der Waals surface area contributed by atoms with E-state index in [-0.39, 0.29) is 30.0 Å². The monoisotopic (exact) mass is 334 g/mol. The van der Waals surface area contributed by atoms with E-state index in [1.54, 1.807) is 6.20 Å². The Morgan fingerprint density at radius 2 is 1.96 bits per heavy atom. The van der Waals surface area contributed by atoms with E-state index in [0.717, 1.165) is 0 Å². The highest BCUT2D eigenvalue weighted by atomic mass is 16.4. The lowest BCUT2D eigenvalue weighted by Crippen LogP contribution is -2.21. The molecule has 0 spiro atoms. The van der Waals surface area contributed by atoms with Crippen molar-refractivity contribution >= 4 is 23.5 Å². The Balaban J connectivity index is 2.13. The van der Waals surface area contributed by atoms with Crippen LogP contribution in [0.4, 0.5) is 5.69 Å². The molecule has 3 N–H and O–H groups in total. The summed E-state index contributed by atoms with van der Waals surface area (Å²) in [4.78, 5) is 34.6. The number of amides is 2. The molecular weight excluding hydrogens is 316 g/mol. The van der Waals surface area contributed by atoms with Gasteiger partial charge in [-0.3, -0.25) is 23.7 Å². The number of aryl methyl sites for hydroxylation is 2. The highest BCUT2D eigenvalue weighted by Crippen LogP contribution is 2.15. The van der Waals surface area contributed by atoms with Gasteiger partial charge in [0.2, 0.25) is 0 Å². The van der Waals surface area contributed by atoms with Gasteiger partial charge < -0.3 is 15.7 Å². The maximum atomic E-state index is 12.3. The number of nitrogens with zero attached hydrogens (tertiary/aromatic N) is 4. The third kappa shape index (κ3) is 3.97. The zero-order valence-electron chi connectivity index (χ0n) is 13.3. The molecule has 0 radical (unpaired) electrons. The van der Waals surface area contributed by atoms with Gasteiger partial charge in [-0.25, -0.2) is 0 Å². The summed E-state index contributed by atoms with van der Waals surface area (Å²) in [5.74, 6) is -1.87. The number of anilines is 1. The predicted molar refractivity (Wildman–Crippen MR) is 83.7 cm³/mol. The van der Waals surface area contributed by atoms with E-state index in [4.69, 9.17) is 5.11 Å². The van der Waals surface area contributed by atoms with Gasteiger partial charge in [0.25, 0.3) is 11.8 Å². The van der Waals surface area contributed by atoms with E-state index in [0.29, 0.717) is 6.54 Å². The lowest BCUT2D eigenvalue weighted by Gasteiger charge is -2.02. The Labute approximate surface area is 137 Å². The SMILES string of the molecule is CCn1cc(NC(=O)c2ccn(CCC(=O)O)n2)c(C(=O)NC)n1. The Morgan fingerprint density at radius 3 is 2.58 bits per heavy atom. The molecule has 24 heavy (non-hydrogen) atoms. The fraction of sp³-hybridized carbons (Fsp3) is 0.357. The van der Waals surface area contributed by atoms with Crippen LogP contribution in [0, 0.1) is 0 Å². The average Bonchev–Trinajstić information content (AvgIpc) is 3.19. The molecule has 0 fully saturated rings. The van der Waals surface area contributed by atoms with Gasteiger partial charge >= 0.3 is 5.97 Å². The molecule has 0 aromatic carbocycles. The molecular formula is C14H18N6O4.